The fourth-order valence-corrected chi connectivity index (χ4v) is 0. The van der Waals surface area contributed by atoms with E-state index in [1.54, 1.807) is 0 Å². The monoisotopic (exact) mass is 124 g/mol. The maximum atomic E-state index is 9.09. The Hall–Kier alpha value is 1.04. The minimum absolute atomic E-state index is 0. The number of hydrogen-bond acceptors (Lipinski definition) is 1. The maximum Gasteiger partial charge on any atom is 1.00 e. The van der Waals surface area contributed by atoms with Crippen LogP contribution in [0.2, 0.25) is 0 Å². The van der Waals surface area contributed by atoms with Crippen molar-refractivity contribution in [3.05, 3.63) is 0 Å². The average Bonchev–Trinajstić information content (AvgIpc) is 0.722. The predicted molar refractivity (Wildman–Crippen MR) is 19.0 cm³/mol. The zero-order valence-electron chi connectivity index (χ0n) is 4.13. The van der Waals surface area contributed by atoms with E-state index in [1.807, 2.05) is 0 Å². The topological polar surface area (TPSA) is 57.5 Å². The summed E-state index contributed by atoms with van der Waals surface area (Å²) in [4.78, 5) is 14.8. The molecule has 34 valence electrons. The normalized spacial score (nSPS) is 9.83. The van der Waals surface area contributed by atoms with Crippen LogP contribution in [-0.4, -0.2) is 9.79 Å². The van der Waals surface area contributed by atoms with Gasteiger partial charge >= 0.3 is 25.8 Å². The Labute approximate surface area is 53.3 Å². The molecule has 0 radical (unpaired) electrons. The van der Waals surface area contributed by atoms with E-state index in [0.717, 1.165) is 0 Å². The summed E-state index contributed by atoms with van der Waals surface area (Å²) in [5, 5.41) is 0. The molecule has 3 nitrogen and oxygen atoms in total. The molecule has 0 aromatic carbocycles. The molecule has 0 aliphatic heterocycles. The van der Waals surface area contributed by atoms with E-state index in [2.05, 4.69) is 11.2 Å². The number of rotatable bonds is 0. The summed E-state index contributed by atoms with van der Waals surface area (Å²) >= 11 is 4.20. The van der Waals surface area contributed by atoms with Crippen molar-refractivity contribution < 1.29 is 34.6 Å². The van der Waals surface area contributed by atoms with Crippen molar-refractivity contribution in [2.45, 2.75) is 0 Å². The van der Waals surface area contributed by atoms with Gasteiger partial charge in [0.2, 0.25) is 0 Å². The van der Waals surface area contributed by atoms with Crippen molar-refractivity contribution in [3.63, 3.8) is 0 Å². The van der Waals surface area contributed by atoms with Gasteiger partial charge < -0.3 is 11.2 Å². The second-order valence-electron chi connectivity index (χ2n) is 0.473. The van der Waals surface area contributed by atoms with Crippen molar-refractivity contribution in [3.8, 4) is 0 Å². The molecule has 0 heterocycles. The second kappa shape index (κ2) is 3.09. The van der Waals surface area contributed by atoms with Crippen LogP contribution >= 0.6 is 18.2 Å². The smallest absolute Gasteiger partial charge is 1.00 e. The van der Waals surface area contributed by atoms with Crippen molar-refractivity contribution in [1.29, 1.82) is 0 Å². The molecule has 0 saturated heterocycles. The van der Waals surface area contributed by atoms with E-state index in [-0.39, 0.29) is 20.3 Å². The number of halogens is 1. The van der Waals surface area contributed by atoms with E-state index >= 15 is 0 Å². The SMILES string of the molecule is O=P(O)(O)Cl.[H-].[Li+]. The van der Waals surface area contributed by atoms with E-state index < -0.39 is 6.95 Å². The van der Waals surface area contributed by atoms with E-state index in [0.29, 0.717) is 0 Å². The van der Waals surface area contributed by atoms with Gasteiger partial charge in [-0.05, 0) is 0 Å². The van der Waals surface area contributed by atoms with Gasteiger partial charge in [-0.25, -0.2) is 4.57 Å². The summed E-state index contributed by atoms with van der Waals surface area (Å²) in [6.45, 7) is -4.17. The molecule has 0 fully saturated rings. The third-order valence-corrected chi connectivity index (χ3v) is 0. The number of hydrogen-bond donors (Lipinski definition) is 2. The third kappa shape index (κ3) is 76.3. The average molecular weight is 124 g/mol. The second-order valence-corrected chi connectivity index (χ2v) is 2.74. The Bertz CT molecular complexity index is 61.1. The van der Waals surface area contributed by atoms with Crippen LogP contribution in [0.4, 0.5) is 0 Å². The molecule has 2 N–H and O–H groups in total. The van der Waals surface area contributed by atoms with E-state index in [1.165, 1.54) is 0 Å². The summed E-state index contributed by atoms with van der Waals surface area (Å²) in [5.41, 5.74) is 0. The van der Waals surface area contributed by atoms with Crippen LogP contribution < -0.4 is 18.9 Å². The molecule has 0 amide bonds. The molecular formula is H3ClLiO3P. The van der Waals surface area contributed by atoms with Gasteiger partial charge in [0.05, 0.1) is 0 Å². The van der Waals surface area contributed by atoms with Crippen molar-refractivity contribution in [1.82, 2.24) is 0 Å². The molecular weight excluding hydrogens is 121 g/mol. The molecule has 0 spiro atoms. The molecule has 0 atom stereocenters. The first-order valence-electron chi connectivity index (χ1n) is 0.752. The zero-order chi connectivity index (χ0) is 4.50. The third-order valence-electron chi connectivity index (χ3n) is 0. The molecule has 0 aromatic rings. The Kier molecular flexibility index (Phi) is 5.21. The van der Waals surface area contributed by atoms with Crippen LogP contribution in [0.15, 0.2) is 0 Å². The first-order chi connectivity index (χ1) is 2.00. The van der Waals surface area contributed by atoms with Gasteiger partial charge in [0, 0.05) is 11.2 Å². The van der Waals surface area contributed by atoms with Crippen LogP contribution in [-0.2, 0) is 4.57 Å². The van der Waals surface area contributed by atoms with E-state index in [4.69, 9.17) is 14.4 Å². The fourth-order valence-electron chi connectivity index (χ4n) is 0. The van der Waals surface area contributed by atoms with Gasteiger partial charge in [-0.2, -0.15) is 0 Å². The minimum atomic E-state index is -4.17. The standard InChI is InChI=1S/ClH2O3P.Li.H/c1-5(2,3)4;;/h(H2,2,3,4);;/q;+1;-1. The van der Waals surface area contributed by atoms with Gasteiger partial charge in [0.1, 0.15) is 0 Å². The van der Waals surface area contributed by atoms with Gasteiger partial charge in [-0.3, -0.25) is 0 Å². The summed E-state index contributed by atoms with van der Waals surface area (Å²) in [7, 11) is 0. The van der Waals surface area contributed by atoms with Gasteiger partial charge in [-0.15, -0.1) is 0 Å². The molecule has 6 heavy (non-hydrogen) atoms. The fraction of sp³-hybridized carbons (Fsp3) is 0. The minimum Gasteiger partial charge on any atom is -1.00 e. The summed E-state index contributed by atoms with van der Waals surface area (Å²) in [5.74, 6) is 0. The largest absolute Gasteiger partial charge is 1.00 e. The summed E-state index contributed by atoms with van der Waals surface area (Å²) in [6.07, 6.45) is 0. The van der Waals surface area contributed by atoms with Crippen LogP contribution in [0.25, 0.3) is 0 Å². The van der Waals surface area contributed by atoms with Crippen LogP contribution in [0.3, 0.4) is 0 Å². The van der Waals surface area contributed by atoms with Gasteiger partial charge in [-0.1, -0.05) is 0 Å². The Morgan fingerprint density at radius 2 is 1.67 bits per heavy atom. The molecule has 6 heteroatoms. The Morgan fingerprint density at radius 3 is 1.67 bits per heavy atom. The van der Waals surface area contributed by atoms with E-state index in [9.17, 15) is 0 Å². The maximum absolute atomic E-state index is 9.09. The van der Waals surface area contributed by atoms with Gasteiger partial charge in [0.15, 0.2) is 0 Å². The molecule has 0 bridgehead atoms. The zero-order valence-corrected chi connectivity index (χ0v) is 4.78. The molecule has 0 rings (SSSR count). The molecule has 0 saturated carbocycles. The molecule has 0 unspecified atom stereocenters. The summed E-state index contributed by atoms with van der Waals surface area (Å²) < 4.78 is 9.09. The molecule has 0 aliphatic carbocycles. The van der Waals surface area contributed by atoms with Crippen LogP contribution in [0.1, 0.15) is 1.43 Å². The first kappa shape index (κ1) is 10.1. The van der Waals surface area contributed by atoms with Crippen LogP contribution in [0.5, 0.6) is 0 Å². The Balaban J connectivity index is -0.0000000800. The molecule has 0 aliphatic rings. The van der Waals surface area contributed by atoms with Crippen molar-refractivity contribution >= 4 is 18.2 Å². The predicted octanol–water partition coefficient (Wildman–Crippen LogP) is -2.57. The van der Waals surface area contributed by atoms with Gasteiger partial charge in [0.25, 0.3) is 0 Å². The quantitative estimate of drug-likeness (QED) is 0.276. The van der Waals surface area contributed by atoms with Crippen molar-refractivity contribution in [2.75, 3.05) is 0 Å². The molecule has 0 aromatic heterocycles. The first-order valence-corrected chi connectivity index (χ1v) is 3.27. The van der Waals surface area contributed by atoms with Crippen LogP contribution in [0, 0.1) is 0 Å². The Morgan fingerprint density at radius 1 is 1.67 bits per heavy atom. The summed E-state index contributed by atoms with van der Waals surface area (Å²) in [6, 6.07) is 0. The van der Waals surface area contributed by atoms with Crippen molar-refractivity contribution in [2.24, 2.45) is 0 Å².